The number of nitrogens with zero attached hydrogens (tertiary/aromatic N) is 4. The molecule has 11 rings (SSSR count). The minimum atomic E-state index is 0.591. The fourth-order valence-electron chi connectivity index (χ4n) is 8.03. The molecule has 5 nitrogen and oxygen atoms in total. The summed E-state index contributed by atoms with van der Waals surface area (Å²) in [5.74, 6) is 2.39. The van der Waals surface area contributed by atoms with Gasteiger partial charge in [0, 0.05) is 33.0 Å². The van der Waals surface area contributed by atoms with Crippen LogP contribution in [0.2, 0.25) is 0 Å². The Kier molecular flexibility index (Phi) is 7.74. The van der Waals surface area contributed by atoms with E-state index in [2.05, 4.69) is 140 Å². The van der Waals surface area contributed by atoms with E-state index >= 15 is 0 Å². The van der Waals surface area contributed by atoms with Crippen molar-refractivity contribution in [2.45, 2.75) is 0 Å². The van der Waals surface area contributed by atoms with Crippen molar-refractivity contribution in [3.05, 3.63) is 194 Å². The third kappa shape index (κ3) is 5.72. The molecule has 0 radical (unpaired) electrons. The smallest absolute Gasteiger partial charge is 0.227 e. The lowest BCUT2D eigenvalue weighted by Crippen LogP contribution is -2.02. The van der Waals surface area contributed by atoms with E-state index in [0.29, 0.717) is 23.4 Å². The molecular formula is C52H32N4O. The molecule has 11 aromatic rings. The van der Waals surface area contributed by atoms with Crippen molar-refractivity contribution in [3.63, 3.8) is 0 Å². The molecule has 0 atom stereocenters. The highest BCUT2D eigenvalue weighted by Gasteiger charge is 2.21. The van der Waals surface area contributed by atoms with Crippen LogP contribution in [-0.4, -0.2) is 19.9 Å². The molecule has 2 heterocycles. The van der Waals surface area contributed by atoms with Crippen LogP contribution in [0.4, 0.5) is 0 Å². The molecule has 57 heavy (non-hydrogen) atoms. The first kappa shape index (κ1) is 32.7. The summed E-state index contributed by atoms with van der Waals surface area (Å²) in [4.78, 5) is 20.9. The van der Waals surface area contributed by atoms with Gasteiger partial charge in [-0.3, -0.25) is 0 Å². The van der Waals surface area contributed by atoms with E-state index in [1.165, 1.54) is 0 Å². The average molecular weight is 729 g/mol. The zero-order valence-corrected chi connectivity index (χ0v) is 30.7. The topological polar surface area (TPSA) is 64.7 Å². The Bertz CT molecular complexity index is 3290. The van der Waals surface area contributed by atoms with Gasteiger partial charge in [-0.2, -0.15) is 0 Å². The second kappa shape index (κ2) is 13.5. The van der Waals surface area contributed by atoms with E-state index < -0.39 is 0 Å². The Labute approximate surface area is 328 Å². The SMILES string of the molecule is c1ccc(-c2cccc(-c3nc(-c4ccccc4-c4ccccc4)nc(-c4cc5ccccc5c5c4ccc4ccc6nc(-c7ccccc7)oc6c45)n3)c2)cc1. The van der Waals surface area contributed by atoms with Crippen LogP contribution in [0.15, 0.2) is 199 Å². The van der Waals surface area contributed by atoms with E-state index in [-0.39, 0.29) is 0 Å². The van der Waals surface area contributed by atoms with Crippen molar-refractivity contribution in [1.82, 2.24) is 19.9 Å². The van der Waals surface area contributed by atoms with Gasteiger partial charge in [0.15, 0.2) is 23.1 Å². The van der Waals surface area contributed by atoms with Crippen molar-refractivity contribution in [2.24, 2.45) is 0 Å². The highest BCUT2D eigenvalue weighted by atomic mass is 16.3. The molecule has 0 unspecified atom stereocenters. The summed E-state index contributed by atoms with van der Waals surface area (Å²) in [5, 5.41) is 6.36. The minimum Gasteiger partial charge on any atom is -0.435 e. The summed E-state index contributed by atoms with van der Waals surface area (Å²) in [6.45, 7) is 0. The molecule has 0 amide bonds. The Hall–Kier alpha value is -7.76. The highest BCUT2D eigenvalue weighted by molar-refractivity contribution is 6.28. The maximum absolute atomic E-state index is 6.67. The molecular weight excluding hydrogens is 697 g/mol. The monoisotopic (exact) mass is 728 g/mol. The number of aromatic nitrogens is 4. The van der Waals surface area contributed by atoms with Crippen LogP contribution >= 0.6 is 0 Å². The summed E-state index contributed by atoms with van der Waals surface area (Å²) in [5.41, 5.74) is 9.61. The van der Waals surface area contributed by atoms with Crippen LogP contribution in [0.3, 0.4) is 0 Å². The summed E-state index contributed by atoms with van der Waals surface area (Å²) in [6, 6.07) is 66.9. The van der Waals surface area contributed by atoms with Gasteiger partial charge in [-0.25, -0.2) is 19.9 Å². The van der Waals surface area contributed by atoms with Crippen LogP contribution in [0.1, 0.15) is 0 Å². The molecule has 0 saturated heterocycles. The summed E-state index contributed by atoms with van der Waals surface area (Å²) >= 11 is 0. The Morgan fingerprint density at radius 2 is 0.912 bits per heavy atom. The standard InChI is InChI=1S/C52H32N4O/c1-4-15-33(16-5-1)37-22-14-23-39(31-37)49-54-50(43-26-13-12-24-40(43)34-17-6-2-7-18-34)56-51(55-49)44-32-38-21-10-11-25-41(38)47-42(44)29-27-35-28-30-45-48(46(35)47)57-52(53-45)36-19-8-3-9-20-36/h1-32H. The first-order valence-corrected chi connectivity index (χ1v) is 19.1. The number of rotatable bonds is 6. The third-order valence-electron chi connectivity index (χ3n) is 10.7. The normalized spacial score (nSPS) is 11.5. The molecule has 2 aromatic heterocycles. The average Bonchev–Trinajstić information content (AvgIpc) is 3.74. The Morgan fingerprint density at radius 1 is 0.316 bits per heavy atom. The van der Waals surface area contributed by atoms with Gasteiger partial charge in [0.25, 0.3) is 0 Å². The van der Waals surface area contributed by atoms with Crippen molar-refractivity contribution in [1.29, 1.82) is 0 Å². The maximum Gasteiger partial charge on any atom is 0.227 e. The molecule has 266 valence electrons. The summed E-state index contributed by atoms with van der Waals surface area (Å²) in [7, 11) is 0. The predicted molar refractivity (Wildman–Crippen MR) is 233 cm³/mol. The second-order valence-electron chi connectivity index (χ2n) is 14.2. The minimum absolute atomic E-state index is 0.591. The number of hydrogen-bond donors (Lipinski definition) is 0. The van der Waals surface area contributed by atoms with E-state index in [0.717, 1.165) is 87.9 Å². The molecule has 0 N–H and O–H groups in total. The molecule has 9 aromatic carbocycles. The van der Waals surface area contributed by atoms with Crippen LogP contribution < -0.4 is 0 Å². The van der Waals surface area contributed by atoms with Gasteiger partial charge < -0.3 is 4.42 Å². The number of hydrogen-bond acceptors (Lipinski definition) is 5. The fourth-order valence-corrected chi connectivity index (χ4v) is 8.03. The predicted octanol–water partition coefficient (Wildman–Crippen LogP) is 13.5. The third-order valence-corrected chi connectivity index (χ3v) is 10.7. The summed E-state index contributed by atoms with van der Waals surface area (Å²) in [6.07, 6.45) is 0. The van der Waals surface area contributed by atoms with Gasteiger partial charge >= 0.3 is 0 Å². The van der Waals surface area contributed by atoms with E-state index in [4.69, 9.17) is 24.4 Å². The van der Waals surface area contributed by atoms with Crippen molar-refractivity contribution < 1.29 is 4.42 Å². The van der Waals surface area contributed by atoms with Crippen molar-refractivity contribution >= 4 is 43.4 Å². The number of benzene rings is 9. The molecule has 0 saturated carbocycles. The number of fused-ring (bicyclic) bond motifs is 7. The zero-order valence-electron chi connectivity index (χ0n) is 30.7. The lowest BCUT2D eigenvalue weighted by molar-refractivity contribution is 0.623. The molecule has 0 bridgehead atoms. The van der Waals surface area contributed by atoms with Crippen molar-refractivity contribution in [3.8, 4) is 67.9 Å². The van der Waals surface area contributed by atoms with Crippen LogP contribution in [-0.2, 0) is 0 Å². The van der Waals surface area contributed by atoms with Crippen LogP contribution in [0.25, 0.3) is 111 Å². The molecule has 0 aliphatic carbocycles. The fraction of sp³-hybridized carbons (Fsp3) is 0. The highest BCUT2D eigenvalue weighted by Crippen LogP contribution is 2.42. The van der Waals surface area contributed by atoms with Crippen LogP contribution in [0.5, 0.6) is 0 Å². The van der Waals surface area contributed by atoms with Crippen LogP contribution in [0, 0.1) is 0 Å². The zero-order chi connectivity index (χ0) is 37.7. The molecule has 0 aliphatic heterocycles. The quantitative estimate of drug-likeness (QED) is 0.160. The van der Waals surface area contributed by atoms with Gasteiger partial charge in [0.05, 0.1) is 0 Å². The molecule has 0 spiro atoms. The second-order valence-corrected chi connectivity index (χ2v) is 14.2. The Morgan fingerprint density at radius 3 is 1.70 bits per heavy atom. The largest absolute Gasteiger partial charge is 0.435 e. The van der Waals surface area contributed by atoms with E-state index in [1.807, 2.05) is 54.6 Å². The van der Waals surface area contributed by atoms with Gasteiger partial charge in [0.2, 0.25) is 5.89 Å². The van der Waals surface area contributed by atoms with Gasteiger partial charge in [-0.15, -0.1) is 0 Å². The van der Waals surface area contributed by atoms with Gasteiger partial charge in [-0.05, 0) is 74.1 Å². The van der Waals surface area contributed by atoms with Gasteiger partial charge in [-0.1, -0.05) is 164 Å². The van der Waals surface area contributed by atoms with E-state index in [1.54, 1.807) is 0 Å². The molecule has 0 aliphatic rings. The number of oxazole rings is 1. The van der Waals surface area contributed by atoms with E-state index in [9.17, 15) is 0 Å². The lowest BCUT2D eigenvalue weighted by Gasteiger charge is -2.15. The lowest BCUT2D eigenvalue weighted by atomic mass is 9.92. The first-order valence-electron chi connectivity index (χ1n) is 19.1. The molecule has 5 heteroatoms. The molecule has 0 fully saturated rings. The van der Waals surface area contributed by atoms with Crippen molar-refractivity contribution in [2.75, 3.05) is 0 Å². The Balaban J connectivity index is 1.20. The first-order chi connectivity index (χ1) is 28.2. The maximum atomic E-state index is 6.67. The summed E-state index contributed by atoms with van der Waals surface area (Å²) < 4.78 is 6.67. The van der Waals surface area contributed by atoms with Gasteiger partial charge in [0.1, 0.15) is 5.52 Å².